The van der Waals surface area contributed by atoms with Crippen LogP contribution in [-0.4, -0.2) is 75.6 Å². The summed E-state index contributed by atoms with van der Waals surface area (Å²) in [6.45, 7) is 5.64. The molecule has 0 spiro atoms. The highest BCUT2D eigenvalue weighted by molar-refractivity contribution is 7.47. The van der Waals surface area contributed by atoms with E-state index in [1.165, 1.54) is 148 Å². The lowest BCUT2D eigenvalue weighted by atomic mass is 10.0. The van der Waals surface area contributed by atoms with Gasteiger partial charge >= 0.3 is 13.8 Å². The molecule has 53 heavy (non-hydrogen) atoms. The third-order valence-electron chi connectivity index (χ3n) is 9.83. The highest BCUT2D eigenvalue weighted by Crippen LogP contribution is 2.43. The molecule has 316 valence electrons. The minimum atomic E-state index is -4.27. The molecule has 2 unspecified atom stereocenters. The van der Waals surface area contributed by atoms with Crippen LogP contribution in [0.5, 0.6) is 0 Å². The average molecular weight is 775 g/mol. The normalized spacial score (nSPS) is 13.8. The summed E-state index contributed by atoms with van der Waals surface area (Å²) in [5.74, 6) is -0.319. The van der Waals surface area contributed by atoms with Crippen molar-refractivity contribution in [2.45, 2.75) is 213 Å². The van der Waals surface area contributed by atoms with Crippen LogP contribution in [0.1, 0.15) is 206 Å². The average Bonchev–Trinajstić information content (AvgIpc) is 3.11. The van der Waals surface area contributed by atoms with Gasteiger partial charge in [-0.3, -0.25) is 13.8 Å². The number of likely N-dealkylation sites (N-methyl/N-ethyl adjacent to an activating group) is 1. The third-order valence-corrected chi connectivity index (χ3v) is 10.8. The van der Waals surface area contributed by atoms with E-state index >= 15 is 0 Å². The first-order valence-electron chi connectivity index (χ1n) is 22.4. The van der Waals surface area contributed by atoms with Crippen molar-refractivity contribution in [2.24, 2.45) is 0 Å². The topological polar surface area (TPSA) is 91.3 Å². The van der Waals surface area contributed by atoms with Gasteiger partial charge in [0.25, 0.3) is 0 Å². The lowest BCUT2D eigenvalue weighted by molar-refractivity contribution is -0.870. The first-order chi connectivity index (χ1) is 25.6. The molecule has 0 radical (unpaired) electrons. The van der Waals surface area contributed by atoms with E-state index in [1.54, 1.807) is 0 Å². The molecule has 2 atom stereocenters. The van der Waals surface area contributed by atoms with Crippen LogP contribution >= 0.6 is 7.82 Å². The minimum absolute atomic E-state index is 0.0902. The Morgan fingerprint density at radius 1 is 0.566 bits per heavy atom. The maximum atomic E-state index is 12.7. The van der Waals surface area contributed by atoms with Crippen LogP contribution in [0, 0.1) is 0 Å². The predicted octanol–water partition coefficient (Wildman–Crippen LogP) is 13.1. The fourth-order valence-corrected chi connectivity index (χ4v) is 7.05. The van der Waals surface area contributed by atoms with Gasteiger partial charge < -0.3 is 18.9 Å². The summed E-state index contributed by atoms with van der Waals surface area (Å²) in [6, 6.07) is 0. The Balaban J connectivity index is 4.19. The van der Waals surface area contributed by atoms with E-state index in [1.807, 2.05) is 21.1 Å². The second kappa shape index (κ2) is 38.1. The van der Waals surface area contributed by atoms with E-state index in [0.717, 1.165) is 38.5 Å². The quantitative estimate of drug-likeness (QED) is 0.0217. The maximum absolute atomic E-state index is 12.7. The number of phosphoric acid groups is 1. The number of carbonyl (C=O) groups excluding carboxylic acids is 1. The fraction of sp³-hybridized carbons (Fsp3) is 0.932. The molecule has 0 fully saturated rings. The molecule has 1 N–H and O–H groups in total. The first kappa shape index (κ1) is 52.2. The van der Waals surface area contributed by atoms with Crippen LogP contribution in [0.15, 0.2) is 12.2 Å². The molecule has 8 nitrogen and oxygen atoms in total. The van der Waals surface area contributed by atoms with E-state index in [4.69, 9.17) is 18.5 Å². The van der Waals surface area contributed by atoms with Gasteiger partial charge in [-0.1, -0.05) is 174 Å². The second-order valence-electron chi connectivity index (χ2n) is 16.4. The lowest BCUT2D eigenvalue weighted by Crippen LogP contribution is -2.37. The van der Waals surface area contributed by atoms with Gasteiger partial charge in [0.05, 0.1) is 34.4 Å². The number of quaternary nitrogens is 1. The number of phosphoric ester groups is 1. The fourth-order valence-electron chi connectivity index (χ4n) is 6.31. The zero-order valence-corrected chi connectivity index (χ0v) is 36.7. The Labute approximate surface area is 329 Å². The maximum Gasteiger partial charge on any atom is 0.472 e. The Bertz CT molecular complexity index is 863. The number of hydrogen-bond acceptors (Lipinski definition) is 6. The summed E-state index contributed by atoms with van der Waals surface area (Å²) in [7, 11) is 1.67. The van der Waals surface area contributed by atoms with Crippen LogP contribution in [0.3, 0.4) is 0 Å². The highest BCUT2D eigenvalue weighted by atomic mass is 31.2. The highest BCUT2D eigenvalue weighted by Gasteiger charge is 2.26. The molecule has 0 aromatic heterocycles. The van der Waals surface area contributed by atoms with E-state index in [9.17, 15) is 14.3 Å². The van der Waals surface area contributed by atoms with Gasteiger partial charge in [-0.15, -0.1) is 0 Å². The molecule has 0 aliphatic rings. The molecule has 0 aromatic carbocycles. The monoisotopic (exact) mass is 775 g/mol. The minimum Gasteiger partial charge on any atom is -0.457 e. The molecular weight excluding hydrogens is 685 g/mol. The van der Waals surface area contributed by atoms with Crippen LogP contribution in [0.2, 0.25) is 0 Å². The zero-order chi connectivity index (χ0) is 39.1. The van der Waals surface area contributed by atoms with E-state index in [2.05, 4.69) is 26.0 Å². The van der Waals surface area contributed by atoms with Crippen molar-refractivity contribution in [3.8, 4) is 0 Å². The summed E-state index contributed by atoms with van der Waals surface area (Å²) < 4.78 is 35.0. The largest absolute Gasteiger partial charge is 0.472 e. The molecule has 0 aliphatic carbocycles. The number of esters is 1. The molecule has 0 saturated carbocycles. The molecule has 0 rings (SSSR count). The molecule has 9 heteroatoms. The van der Waals surface area contributed by atoms with Gasteiger partial charge in [-0.05, 0) is 38.5 Å². The van der Waals surface area contributed by atoms with Gasteiger partial charge in [-0.2, -0.15) is 0 Å². The van der Waals surface area contributed by atoms with Crippen LogP contribution in [0.4, 0.5) is 0 Å². The molecule has 0 bridgehead atoms. The number of rotatable bonds is 42. The Kier molecular flexibility index (Phi) is 37.6. The van der Waals surface area contributed by atoms with Crippen LogP contribution < -0.4 is 0 Å². The van der Waals surface area contributed by atoms with Gasteiger partial charge in [-0.25, -0.2) is 4.57 Å². The van der Waals surface area contributed by atoms with Gasteiger partial charge in [0, 0.05) is 13.0 Å². The van der Waals surface area contributed by atoms with E-state index in [-0.39, 0.29) is 25.8 Å². The molecule has 0 saturated heterocycles. The van der Waals surface area contributed by atoms with Crippen LogP contribution in [0.25, 0.3) is 0 Å². The third kappa shape index (κ3) is 42.2. The Morgan fingerprint density at radius 3 is 1.43 bits per heavy atom. The first-order valence-corrected chi connectivity index (χ1v) is 23.9. The number of hydrogen-bond donors (Lipinski definition) is 1. The van der Waals surface area contributed by atoms with Crippen molar-refractivity contribution in [3.63, 3.8) is 0 Å². The van der Waals surface area contributed by atoms with Crippen molar-refractivity contribution < 1.29 is 37.3 Å². The molecule has 0 heterocycles. The summed E-state index contributed by atoms with van der Waals surface area (Å²) in [5.41, 5.74) is 0. The Hall–Kier alpha value is -0.760. The second-order valence-corrected chi connectivity index (χ2v) is 17.9. The van der Waals surface area contributed by atoms with Gasteiger partial charge in [0.15, 0.2) is 0 Å². The SMILES string of the molecule is CCCCCCC/C=C\CCCCCCCC(=O)OC(COCCCCCCCCCCCCCCCCCCC)COP(=O)(O)OCC[N+](C)(C)C. The van der Waals surface area contributed by atoms with E-state index < -0.39 is 13.9 Å². The van der Waals surface area contributed by atoms with Crippen molar-refractivity contribution >= 4 is 13.8 Å². The Morgan fingerprint density at radius 2 is 0.981 bits per heavy atom. The van der Waals surface area contributed by atoms with Crippen molar-refractivity contribution in [2.75, 3.05) is 54.1 Å². The smallest absolute Gasteiger partial charge is 0.457 e. The summed E-state index contributed by atoms with van der Waals surface area (Å²) in [4.78, 5) is 22.9. The number of allylic oxidation sites excluding steroid dienone is 2. The molecule has 0 amide bonds. The van der Waals surface area contributed by atoms with Crippen molar-refractivity contribution in [1.82, 2.24) is 0 Å². The predicted molar refractivity (Wildman–Crippen MR) is 224 cm³/mol. The summed E-state index contributed by atoms with van der Waals surface area (Å²) in [5, 5.41) is 0. The number of carbonyl (C=O) groups is 1. The molecular formula is C44H89NO7P+. The van der Waals surface area contributed by atoms with Crippen LogP contribution in [-0.2, 0) is 27.9 Å². The van der Waals surface area contributed by atoms with Crippen molar-refractivity contribution in [3.05, 3.63) is 12.2 Å². The van der Waals surface area contributed by atoms with E-state index in [0.29, 0.717) is 24.1 Å². The zero-order valence-electron chi connectivity index (χ0n) is 35.8. The summed E-state index contributed by atoms with van der Waals surface area (Å²) >= 11 is 0. The standard InChI is InChI=1S/C44H88NO7P/c1-6-8-10-12-14-16-18-20-22-23-24-26-28-30-32-34-36-39-49-41-43(42-51-53(47,48)50-40-38-45(3,4)5)52-44(46)37-35-33-31-29-27-25-21-19-17-15-13-11-9-7-2/h19,21,43H,6-18,20,22-42H2,1-5H3/p+1/b21-19-. The lowest BCUT2D eigenvalue weighted by Gasteiger charge is -2.24. The number of ether oxygens (including phenoxy) is 2. The number of unbranched alkanes of at least 4 members (excludes halogenated alkanes) is 26. The molecule has 0 aliphatic heterocycles. The van der Waals surface area contributed by atoms with Gasteiger partial charge in [0.1, 0.15) is 19.3 Å². The number of nitrogens with zero attached hydrogens (tertiary/aromatic N) is 1. The molecule has 0 aromatic rings. The van der Waals surface area contributed by atoms with Crippen molar-refractivity contribution in [1.29, 1.82) is 0 Å². The summed E-state index contributed by atoms with van der Waals surface area (Å²) in [6.07, 6.45) is 40.9. The van der Waals surface area contributed by atoms with Gasteiger partial charge in [0.2, 0.25) is 0 Å².